The highest BCUT2D eigenvalue weighted by Crippen LogP contribution is 2.25. The third kappa shape index (κ3) is 2.82. The summed E-state index contributed by atoms with van der Waals surface area (Å²) < 4.78 is 13.7. The molecule has 1 aromatic heterocycles. The van der Waals surface area contributed by atoms with E-state index in [9.17, 15) is 4.39 Å². The molecule has 2 N–H and O–H groups in total. The lowest BCUT2D eigenvalue weighted by Crippen LogP contribution is -2.12. The minimum absolute atomic E-state index is 0.189. The molecule has 4 heteroatoms. The van der Waals surface area contributed by atoms with Crippen LogP contribution in [-0.2, 0) is 6.42 Å². The van der Waals surface area contributed by atoms with Crippen LogP contribution in [0.2, 0.25) is 4.34 Å². The quantitative estimate of drug-likeness (QED) is 0.887. The standard InChI is InChI=1S/C12H11ClFNS/c13-12-5-4-10(16-12)7-11(15)8-2-1-3-9(14)6-8/h1-6,11H,7,15H2. The zero-order valence-corrected chi connectivity index (χ0v) is 10.1. The van der Waals surface area contributed by atoms with Crippen molar-refractivity contribution < 1.29 is 4.39 Å². The van der Waals surface area contributed by atoms with Gasteiger partial charge < -0.3 is 5.73 Å². The molecule has 2 aromatic rings. The van der Waals surface area contributed by atoms with Gasteiger partial charge in [-0.25, -0.2) is 4.39 Å². The molecule has 1 atom stereocenters. The second-order valence-electron chi connectivity index (χ2n) is 3.57. The topological polar surface area (TPSA) is 26.0 Å². The molecule has 1 nitrogen and oxygen atoms in total. The number of thiophene rings is 1. The van der Waals surface area contributed by atoms with E-state index in [-0.39, 0.29) is 11.9 Å². The summed E-state index contributed by atoms with van der Waals surface area (Å²) in [5.41, 5.74) is 6.81. The van der Waals surface area contributed by atoms with Crippen LogP contribution in [0.3, 0.4) is 0 Å². The first kappa shape index (κ1) is 11.6. The fourth-order valence-electron chi connectivity index (χ4n) is 1.53. The third-order valence-electron chi connectivity index (χ3n) is 2.33. The lowest BCUT2D eigenvalue weighted by Gasteiger charge is -2.10. The average molecular weight is 256 g/mol. The van der Waals surface area contributed by atoms with Gasteiger partial charge in [-0.2, -0.15) is 0 Å². The Morgan fingerprint density at radius 3 is 2.75 bits per heavy atom. The van der Waals surface area contributed by atoms with Gasteiger partial charge in [-0.15, -0.1) is 11.3 Å². The van der Waals surface area contributed by atoms with Crippen molar-refractivity contribution in [2.24, 2.45) is 5.73 Å². The van der Waals surface area contributed by atoms with Gasteiger partial charge in [-0.1, -0.05) is 23.7 Å². The van der Waals surface area contributed by atoms with Gasteiger partial charge in [0.25, 0.3) is 0 Å². The molecule has 0 amide bonds. The van der Waals surface area contributed by atoms with E-state index in [1.807, 2.05) is 18.2 Å². The molecule has 1 aromatic carbocycles. The molecule has 0 spiro atoms. The summed E-state index contributed by atoms with van der Waals surface area (Å²) in [4.78, 5) is 1.11. The minimum atomic E-state index is -0.253. The Labute approximate surface area is 103 Å². The molecule has 0 fully saturated rings. The van der Waals surface area contributed by atoms with Crippen LogP contribution in [0.1, 0.15) is 16.5 Å². The molecule has 0 aliphatic rings. The van der Waals surface area contributed by atoms with E-state index in [0.717, 1.165) is 14.8 Å². The van der Waals surface area contributed by atoms with Gasteiger partial charge in [0.1, 0.15) is 5.82 Å². The highest BCUT2D eigenvalue weighted by atomic mass is 35.5. The largest absolute Gasteiger partial charge is 0.324 e. The Hall–Kier alpha value is -0.900. The Kier molecular flexibility index (Phi) is 3.59. The van der Waals surface area contributed by atoms with Crippen molar-refractivity contribution in [3.8, 4) is 0 Å². The van der Waals surface area contributed by atoms with Gasteiger partial charge in [0, 0.05) is 17.3 Å². The van der Waals surface area contributed by atoms with E-state index >= 15 is 0 Å². The Bertz CT molecular complexity index is 483. The van der Waals surface area contributed by atoms with Gasteiger partial charge in [-0.3, -0.25) is 0 Å². The maximum absolute atomic E-state index is 13.0. The van der Waals surface area contributed by atoms with Crippen LogP contribution >= 0.6 is 22.9 Å². The van der Waals surface area contributed by atoms with E-state index < -0.39 is 0 Å². The Balaban J connectivity index is 2.11. The van der Waals surface area contributed by atoms with Crippen LogP contribution in [0.4, 0.5) is 4.39 Å². The predicted molar refractivity (Wildman–Crippen MR) is 66.4 cm³/mol. The summed E-state index contributed by atoms with van der Waals surface area (Å²) in [6, 6.07) is 10.0. The molecule has 0 aliphatic carbocycles. The second kappa shape index (κ2) is 4.95. The summed E-state index contributed by atoms with van der Waals surface area (Å²) >= 11 is 7.34. The molecule has 0 radical (unpaired) electrons. The van der Waals surface area contributed by atoms with Gasteiger partial charge in [-0.05, 0) is 29.8 Å². The van der Waals surface area contributed by atoms with Crippen LogP contribution < -0.4 is 5.73 Å². The monoisotopic (exact) mass is 255 g/mol. The van der Waals surface area contributed by atoms with E-state index in [4.69, 9.17) is 17.3 Å². The van der Waals surface area contributed by atoms with Gasteiger partial charge in [0.2, 0.25) is 0 Å². The number of nitrogens with two attached hydrogens (primary N) is 1. The number of halogens is 2. The summed E-state index contributed by atoms with van der Waals surface area (Å²) in [6.07, 6.45) is 0.681. The molecule has 1 unspecified atom stereocenters. The molecular weight excluding hydrogens is 245 g/mol. The summed E-state index contributed by atoms with van der Waals surface area (Å²) in [7, 11) is 0. The summed E-state index contributed by atoms with van der Waals surface area (Å²) in [5, 5.41) is 0. The predicted octanol–water partition coefficient (Wildman–Crippen LogP) is 3.78. The van der Waals surface area contributed by atoms with Crippen molar-refractivity contribution in [2.45, 2.75) is 12.5 Å². The van der Waals surface area contributed by atoms with Crippen LogP contribution in [0, 0.1) is 5.82 Å². The lowest BCUT2D eigenvalue weighted by atomic mass is 10.0. The maximum atomic E-state index is 13.0. The summed E-state index contributed by atoms with van der Waals surface area (Å²) in [6.45, 7) is 0. The fraction of sp³-hybridized carbons (Fsp3) is 0.167. The lowest BCUT2D eigenvalue weighted by molar-refractivity contribution is 0.619. The third-order valence-corrected chi connectivity index (χ3v) is 3.58. The Morgan fingerprint density at radius 1 is 1.31 bits per heavy atom. The van der Waals surface area contributed by atoms with E-state index in [2.05, 4.69) is 0 Å². The number of rotatable bonds is 3. The number of hydrogen-bond acceptors (Lipinski definition) is 2. The van der Waals surface area contributed by atoms with Crippen LogP contribution in [0.5, 0.6) is 0 Å². The van der Waals surface area contributed by atoms with Crippen LogP contribution in [0.15, 0.2) is 36.4 Å². The molecule has 84 valence electrons. The van der Waals surface area contributed by atoms with E-state index in [1.165, 1.54) is 23.5 Å². The molecule has 0 saturated carbocycles. The first-order chi connectivity index (χ1) is 7.65. The average Bonchev–Trinajstić information content (AvgIpc) is 2.64. The second-order valence-corrected chi connectivity index (χ2v) is 5.37. The van der Waals surface area contributed by atoms with Gasteiger partial charge in [0.05, 0.1) is 4.34 Å². The Morgan fingerprint density at radius 2 is 2.12 bits per heavy atom. The molecule has 0 bridgehead atoms. The first-order valence-electron chi connectivity index (χ1n) is 4.90. The van der Waals surface area contributed by atoms with Crippen LogP contribution in [-0.4, -0.2) is 0 Å². The zero-order valence-electron chi connectivity index (χ0n) is 8.49. The van der Waals surface area contributed by atoms with Crippen molar-refractivity contribution in [3.63, 3.8) is 0 Å². The molecule has 0 aliphatic heterocycles. The van der Waals surface area contributed by atoms with Crippen molar-refractivity contribution in [3.05, 3.63) is 57.0 Å². The molecule has 2 rings (SSSR count). The van der Waals surface area contributed by atoms with Crippen molar-refractivity contribution >= 4 is 22.9 Å². The van der Waals surface area contributed by atoms with E-state index in [0.29, 0.717) is 6.42 Å². The number of benzene rings is 1. The molecular formula is C12H11ClFNS. The molecule has 0 saturated heterocycles. The maximum Gasteiger partial charge on any atom is 0.123 e. The van der Waals surface area contributed by atoms with E-state index in [1.54, 1.807) is 6.07 Å². The number of hydrogen-bond donors (Lipinski definition) is 1. The summed E-state index contributed by atoms with van der Waals surface area (Å²) in [5.74, 6) is -0.253. The van der Waals surface area contributed by atoms with Gasteiger partial charge >= 0.3 is 0 Å². The highest BCUT2D eigenvalue weighted by Gasteiger charge is 2.09. The van der Waals surface area contributed by atoms with Gasteiger partial charge in [0.15, 0.2) is 0 Å². The minimum Gasteiger partial charge on any atom is -0.324 e. The van der Waals surface area contributed by atoms with Crippen molar-refractivity contribution in [1.29, 1.82) is 0 Å². The smallest absolute Gasteiger partial charge is 0.123 e. The fourth-order valence-corrected chi connectivity index (χ4v) is 2.68. The molecule has 16 heavy (non-hydrogen) atoms. The van der Waals surface area contributed by atoms with Crippen LogP contribution in [0.25, 0.3) is 0 Å². The van der Waals surface area contributed by atoms with Crippen molar-refractivity contribution in [1.82, 2.24) is 0 Å². The first-order valence-corrected chi connectivity index (χ1v) is 6.10. The highest BCUT2D eigenvalue weighted by molar-refractivity contribution is 7.16. The zero-order chi connectivity index (χ0) is 11.5. The normalized spacial score (nSPS) is 12.7. The SMILES string of the molecule is NC(Cc1ccc(Cl)s1)c1cccc(F)c1. The van der Waals surface area contributed by atoms with Crippen molar-refractivity contribution in [2.75, 3.05) is 0 Å². The molecule has 1 heterocycles.